The van der Waals surface area contributed by atoms with Crippen LogP contribution in [0.15, 0.2) is 59.5 Å². The molecule has 0 unspecified atom stereocenters. The second-order valence-electron chi connectivity index (χ2n) is 6.78. The average Bonchev–Trinajstić information content (AvgIpc) is 2.97. The summed E-state index contributed by atoms with van der Waals surface area (Å²) in [4.78, 5) is 12.6. The quantitative estimate of drug-likeness (QED) is 0.220. The molecule has 0 spiro atoms. The van der Waals surface area contributed by atoms with E-state index in [-0.39, 0.29) is 5.97 Å². The Hall–Kier alpha value is -2.43. The molecule has 0 atom stereocenters. The van der Waals surface area contributed by atoms with Gasteiger partial charge in [0.1, 0.15) is 5.75 Å². The van der Waals surface area contributed by atoms with Crippen molar-refractivity contribution in [3.63, 3.8) is 0 Å². The Morgan fingerprint density at radius 2 is 1.93 bits per heavy atom. The molecule has 0 fully saturated rings. The highest BCUT2D eigenvalue weighted by atomic mass is 35.5. The van der Waals surface area contributed by atoms with Crippen LogP contribution >= 0.6 is 23.4 Å². The number of carbonyl (C=O) groups excluding carboxylic acids is 1. The van der Waals surface area contributed by atoms with Gasteiger partial charge in [0, 0.05) is 34.8 Å². The number of benzene rings is 3. The van der Waals surface area contributed by atoms with E-state index in [4.69, 9.17) is 16.3 Å². The Labute approximate surface area is 173 Å². The third kappa shape index (κ3) is 3.27. The minimum absolute atomic E-state index is 0.313. The maximum Gasteiger partial charge on any atom is 0.308 e. The van der Waals surface area contributed by atoms with E-state index in [9.17, 15) is 4.79 Å². The van der Waals surface area contributed by atoms with Crippen LogP contribution in [0.25, 0.3) is 21.8 Å². The summed E-state index contributed by atoms with van der Waals surface area (Å²) >= 11 is 7.81. The van der Waals surface area contributed by atoms with Gasteiger partial charge in [0.05, 0.1) is 10.4 Å². The molecular weight excluding hydrogens is 390 g/mol. The number of ether oxygens (including phenoxy) is 1. The molecule has 28 heavy (non-hydrogen) atoms. The highest BCUT2D eigenvalue weighted by Crippen LogP contribution is 2.42. The first-order chi connectivity index (χ1) is 13.5. The second kappa shape index (κ2) is 7.53. The summed E-state index contributed by atoms with van der Waals surface area (Å²) in [5, 5.41) is 3.11. The SMILES string of the molecule is CSc1c(OC(C)=O)cc(C)c2c3ccccc3n(Cc3cccc(Cl)c3)c12. The number of hydrogen-bond donors (Lipinski definition) is 0. The zero-order valence-electron chi connectivity index (χ0n) is 16.0. The van der Waals surface area contributed by atoms with Crippen LogP contribution in [0, 0.1) is 6.92 Å². The van der Waals surface area contributed by atoms with Crippen LogP contribution in [0.5, 0.6) is 5.75 Å². The van der Waals surface area contributed by atoms with Gasteiger partial charge in [-0.05, 0) is 48.6 Å². The van der Waals surface area contributed by atoms with Crippen LogP contribution in [0.2, 0.25) is 5.02 Å². The normalized spacial score (nSPS) is 11.3. The molecule has 4 rings (SSSR count). The van der Waals surface area contributed by atoms with Gasteiger partial charge in [-0.15, -0.1) is 11.8 Å². The number of carbonyl (C=O) groups is 1. The van der Waals surface area contributed by atoms with Crippen LogP contribution in [0.3, 0.4) is 0 Å². The molecule has 3 nitrogen and oxygen atoms in total. The first-order valence-corrected chi connectivity index (χ1v) is 10.6. The van der Waals surface area contributed by atoms with Crippen molar-refractivity contribution in [3.05, 3.63) is 70.7 Å². The second-order valence-corrected chi connectivity index (χ2v) is 8.03. The highest BCUT2D eigenvalue weighted by molar-refractivity contribution is 7.99. The number of hydrogen-bond acceptors (Lipinski definition) is 3. The van der Waals surface area contributed by atoms with Gasteiger partial charge in [0.15, 0.2) is 0 Å². The van der Waals surface area contributed by atoms with Crippen LogP contribution in [-0.2, 0) is 11.3 Å². The topological polar surface area (TPSA) is 31.2 Å². The molecule has 0 bridgehead atoms. The minimum atomic E-state index is -0.313. The van der Waals surface area contributed by atoms with Crippen molar-refractivity contribution in [2.24, 2.45) is 0 Å². The van der Waals surface area contributed by atoms with Crippen molar-refractivity contribution in [3.8, 4) is 5.75 Å². The molecule has 0 aliphatic heterocycles. The Morgan fingerprint density at radius 3 is 2.64 bits per heavy atom. The number of nitrogens with zero attached hydrogens (tertiary/aromatic N) is 1. The highest BCUT2D eigenvalue weighted by Gasteiger charge is 2.20. The number of aromatic nitrogens is 1. The van der Waals surface area contributed by atoms with Gasteiger partial charge in [-0.3, -0.25) is 4.79 Å². The van der Waals surface area contributed by atoms with Crippen molar-refractivity contribution >= 4 is 51.1 Å². The van der Waals surface area contributed by atoms with Crippen LogP contribution in [-0.4, -0.2) is 16.8 Å². The monoisotopic (exact) mass is 409 g/mol. The molecule has 0 saturated carbocycles. The fraction of sp³-hybridized carbons (Fsp3) is 0.174. The van der Waals surface area contributed by atoms with E-state index in [1.165, 1.54) is 17.7 Å². The number of thioether (sulfide) groups is 1. The van der Waals surface area contributed by atoms with Gasteiger partial charge in [-0.1, -0.05) is 41.9 Å². The van der Waals surface area contributed by atoms with E-state index in [1.54, 1.807) is 11.8 Å². The van der Waals surface area contributed by atoms with E-state index < -0.39 is 0 Å². The molecular formula is C23H20ClNO2S. The van der Waals surface area contributed by atoms with Crippen LogP contribution in [0.4, 0.5) is 0 Å². The number of halogens is 1. The summed E-state index contributed by atoms with van der Waals surface area (Å²) in [6, 6.07) is 18.3. The molecule has 0 radical (unpaired) electrons. The Kier molecular flexibility index (Phi) is 5.09. The Morgan fingerprint density at radius 1 is 1.14 bits per heavy atom. The van der Waals surface area contributed by atoms with E-state index in [2.05, 4.69) is 41.8 Å². The van der Waals surface area contributed by atoms with E-state index >= 15 is 0 Å². The van der Waals surface area contributed by atoms with Crippen molar-refractivity contribution in [2.75, 3.05) is 6.26 Å². The van der Waals surface area contributed by atoms with Gasteiger partial charge >= 0.3 is 5.97 Å². The maximum atomic E-state index is 11.7. The first-order valence-electron chi connectivity index (χ1n) is 9.01. The number of rotatable bonds is 4. The number of fused-ring (bicyclic) bond motifs is 3. The third-order valence-electron chi connectivity index (χ3n) is 4.84. The van der Waals surface area contributed by atoms with Crippen molar-refractivity contribution in [1.82, 2.24) is 4.57 Å². The molecule has 0 aliphatic carbocycles. The molecule has 1 heterocycles. The van der Waals surface area contributed by atoms with Gasteiger partial charge in [-0.25, -0.2) is 0 Å². The number of aryl methyl sites for hydroxylation is 1. The molecule has 142 valence electrons. The molecule has 5 heteroatoms. The van der Waals surface area contributed by atoms with E-state index in [0.29, 0.717) is 12.3 Å². The number of para-hydroxylation sites is 1. The maximum absolute atomic E-state index is 11.7. The lowest BCUT2D eigenvalue weighted by atomic mass is 10.1. The molecule has 0 aliphatic rings. The predicted molar refractivity (Wildman–Crippen MR) is 118 cm³/mol. The fourth-order valence-corrected chi connectivity index (χ4v) is 4.72. The molecule has 1 aromatic heterocycles. The van der Waals surface area contributed by atoms with E-state index in [1.807, 2.05) is 30.5 Å². The smallest absolute Gasteiger partial charge is 0.308 e. The zero-order valence-corrected chi connectivity index (χ0v) is 17.5. The van der Waals surface area contributed by atoms with Gasteiger partial charge in [0.25, 0.3) is 0 Å². The van der Waals surface area contributed by atoms with Gasteiger partial charge in [0.2, 0.25) is 0 Å². The van der Waals surface area contributed by atoms with Crippen molar-refractivity contribution in [1.29, 1.82) is 0 Å². The minimum Gasteiger partial charge on any atom is -0.425 e. The molecule has 4 aromatic rings. The summed E-state index contributed by atoms with van der Waals surface area (Å²) in [6.45, 7) is 4.18. The predicted octanol–water partition coefficient (Wildman–Crippen LogP) is 6.45. The largest absolute Gasteiger partial charge is 0.425 e. The Balaban J connectivity index is 2.07. The summed E-state index contributed by atoms with van der Waals surface area (Å²) in [7, 11) is 0. The average molecular weight is 410 g/mol. The first kappa shape index (κ1) is 18.9. The molecule has 3 aromatic carbocycles. The van der Waals surface area contributed by atoms with Crippen molar-refractivity contribution < 1.29 is 9.53 Å². The zero-order chi connectivity index (χ0) is 19.8. The lowest BCUT2D eigenvalue weighted by Crippen LogP contribution is -2.05. The summed E-state index contributed by atoms with van der Waals surface area (Å²) in [5.41, 5.74) is 4.45. The fourth-order valence-electron chi connectivity index (χ4n) is 3.80. The summed E-state index contributed by atoms with van der Waals surface area (Å²) in [5.74, 6) is 0.298. The lowest BCUT2D eigenvalue weighted by molar-refractivity contribution is -0.132. The Bertz CT molecular complexity index is 1210. The summed E-state index contributed by atoms with van der Waals surface area (Å²) < 4.78 is 7.85. The molecule has 0 saturated heterocycles. The summed E-state index contributed by atoms with van der Waals surface area (Å²) in [6.07, 6.45) is 2.01. The van der Waals surface area contributed by atoms with Crippen LogP contribution < -0.4 is 4.74 Å². The standard InChI is InChI=1S/C23H20ClNO2S/c1-14-11-20(27-15(2)26)23(28-3)22-21(14)18-9-4-5-10-19(18)25(22)13-16-7-6-8-17(24)12-16/h4-12H,13H2,1-3H3. The van der Waals surface area contributed by atoms with Gasteiger partial charge in [-0.2, -0.15) is 0 Å². The van der Waals surface area contributed by atoms with Gasteiger partial charge < -0.3 is 9.30 Å². The molecule has 0 amide bonds. The van der Waals surface area contributed by atoms with Crippen LogP contribution in [0.1, 0.15) is 18.1 Å². The lowest BCUT2D eigenvalue weighted by Gasteiger charge is -2.14. The number of esters is 1. The van der Waals surface area contributed by atoms with E-state index in [0.717, 1.165) is 32.1 Å². The third-order valence-corrected chi connectivity index (χ3v) is 5.88. The molecule has 0 N–H and O–H groups in total. The van der Waals surface area contributed by atoms with Crippen molar-refractivity contribution in [2.45, 2.75) is 25.3 Å².